The Labute approximate surface area is 112 Å². The van der Waals surface area contributed by atoms with E-state index < -0.39 is 6.10 Å². The van der Waals surface area contributed by atoms with Crippen LogP contribution in [0, 0.1) is 5.82 Å². The van der Waals surface area contributed by atoms with Gasteiger partial charge in [-0.25, -0.2) is 4.39 Å². The van der Waals surface area contributed by atoms with Crippen molar-refractivity contribution in [2.45, 2.75) is 12.5 Å². The van der Waals surface area contributed by atoms with Crippen LogP contribution in [0.4, 0.5) is 4.39 Å². The third kappa shape index (κ3) is 4.01. The van der Waals surface area contributed by atoms with Crippen LogP contribution < -0.4 is 0 Å². The Morgan fingerprint density at radius 1 is 1.21 bits per heavy atom. The van der Waals surface area contributed by atoms with E-state index in [4.69, 9.17) is 0 Å². The molecule has 1 atom stereocenters. The molecule has 0 bridgehead atoms. The Balaban J connectivity index is 1.76. The van der Waals surface area contributed by atoms with Gasteiger partial charge in [-0.05, 0) is 24.1 Å². The van der Waals surface area contributed by atoms with Crippen molar-refractivity contribution in [2.24, 2.45) is 0 Å². The van der Waals surface area contributed by atoms with Gasteiger partial charge >= 0.3 is 0 Å². The lowest BCUT2D eigenvalue weighted by molar-refractivity contribution is -0.119. The van der Waals surface area contributed by atoms with E-state index in [2.05, 4.69) is 4.90 Å². The normalized spacial score (nSPS) is 18.3. The van der Waals surface area contributed by atoms with Crippen molar-refractivity contribution < 1.29 is 14.3 Å². The fourth-order valence-electron chi connectivity index (χ4n) is 2.25. The second-order valence-corrected chi connectivity index (χ2v) is 4.84. The van der Waals surface area contributed by atoms with E-state index in [9.17, 15) is 14.3 Å². The minimum atomic E-state index is -0.565. The highest BCUT2D eigenvalue weighted by molar-refractivity contribution is 5.47. The minimum absolute atomic E-state index is 0.291. The summed E-state index contributed by atoms with van der Waals surface area (Å²) in [5, 5.41) is 10.0. The average molecular weight is 266 g/mol. The van der Waals surface area contributed by atoms with Crippen LogP contribution in [0.1, 0.15) is 18.1 Å². The molecule has 1 aromatic rings. The van der Waals surface area contributed by atoms with E-state index in [1.165, 1.54) is 12.1 Å². The fourth-order valence-corrected chi connectivity index (χ4v) is 2.25. The molecule has 1 unspecified atom stereocenters. The Kier molecular flexibility index (Phi) is 4.87. The monoisotopic (exact) mass is 266 g/mol. The standard InChI is InChI=1S/C14H19FN2O2/c15-13-3-1-12(2-4-13)14(19)5-6-16-7-9-17(11-18)10-8-16/h1-4,11,14,19H,5-10H2. The predicted molar refractivity (Wildman–Crippen MR) is 70.1 cm³/mol. The first-order chi connectivity index (χ1) is 9.19. The van der Waals surface area contributed by atoms with Crippen LogP contribution in [0.2, 0.25) is 0 Å². The first-order valence-corrected chi connectivity index (χ1v) is 6.54. The Hall–Kier alpha value is -1.46. The molecular formula is C14H19FN2O2. The van der Waals surface area contributed by atoms with Crippen LogP contribution in [0.3, 0.4) is 0 Å². The first kappa shape index (κ1) is 14.0. The lowest BCUT2D eigenvalue weighted by Gasteiger charge is -2.32. The van der Waals surface area contributed by atoms with E-state index in [0.717, 1.165) is 44.7 Å². The second kappa shape index (κ2) is 6.63. The summed E-state index contributed by atoms with van der Waals surface area (Å²) in [6.45, 7) is 3.96. The van der Waals surface area contributed by atoms with Crippen molar-refractivity contribution in [1.29, 1.82) is 0 Å². The van der Waals surface area contributed by atoms with Crippen molar-refractivity contribution >= 4 is 6.41 Å². The molecule has 0 saturated carbocycles. The molecule has 5 heteroatoms. The first-order valence-electron chi connectivity index (χ1n) is 6.54. The molecule has 1 amide bonds. The van der Waals surface area contributed by atoms with E-state index in [1.807, 2.05) is 0 Å². The summed E-state index contributed by atoms with van der Waals surface area (Å²) in [7, 11) is 0. The predicted octanol–water partition coefficient (Wildman–Crippen LogP) is 1.02. The number of aliphatic hydroxyl groups excluding tert-OH is 1. The summed E-state index contributed by atoms with van der Waals surface area (Å²) in [4.78, 5) is 14.6. The second-order valence-electron chi connectivity index (χ2n) is 4.84. The molecule has 0 spiro atoms. The van der Waals surface area contributed by atoms with Crippen molar-refractivity contribution in [3.63, 3.8) is 0 Å². The molecule has 104 valence electrons. The molecule has 1 aliphatic heterocycles. The van der Waals surface area contributed by atoms with Gasteiger partial charge < -0.3 is 10.0 Å². The molecule has 1 saturated heterocycles. The molecule has 0 radical (unpaired) electrons. The highest BCUT2D eigenvalue weighted by atomic mass is 19.1. The van der Waals surface area contributed by atoms with Crippen molar-refractivity contribution in [2.75, 3.05) is 32.7 Å². The van der Waals surface area contributed by atoms with E-state index in [0.29, 0.717) is 6.42 Å². The van der Waals surface area contributed by atoms with Crippen LogP contribution in [0.25, 0.3) is 0 Å². The average Bonchev–Trinajstić information content (AvgIpc) is 2.46. The van der Waals surface area contributed by atoms with Gasteiger partial charge in [0.15, 0.2) is 0 Å². The summed E-state index contributed by atoms with van der Waals surface area (Å²) in [5.41, 5.74) is 0.743. The maximum Gasteiger partial charge on any atom is 0.209 e. The van der Waals surface area contributed by atoms with Gasteiger partial charge in [0.1, 0.15) is 5.82 Å². The Bertz CT molecular complexity index is 402. The van der Waals surface area contributed by atoms with Gasteiger partial charge in [0, 0.05) is 32.7 Å². The topological polar surface area (TPSA) is 43.8 Å². The van der Waals surface area contributed by atoms with Gasteiger partial charge in [-0.2, -0.15) is 0 Å². The van der Waals surface area contributed by atoms with Gasteiger partial charge in [-0.15, -0.1) is 0 Å². The van der Waals surface area contributed by atoms with Crippen molar-refractivity contribution in [3.8, 4) is 0 Å². The zero-order valence-corrected chi connectivity index (χ0v) is 10.8. The van der Waals surface area contributed by atoms with Gasteiger partial charge in [-0.1, -0.05) is 12.1 Å². The summed E-state index contributed by atoms with van der Waals surface area (Å²) >= 11 is 0. The molecule has 19 heavy (non-hydrogen) atoms. The summed E-state index contributed by atoms with van der Waals surface area (Å²) in [5.74, 6) is -0.291. The minimum Gasteiger partial charge on any atom is -0.388 e. The largest absolute Gasteiger partial charge is 0.388 e. The maximum absolute atomic E-state index is 12.8. The number of amides is 1. The summed E-state index contributed by atoms with van der Waals surface area (Å²) < 4.78 is 12.8. The number of benzene rings is 1. The lowest BCUT2D eigenvalue weighted by atomic mass is 10.1. The molecule has 2 rings (SSSR count). The zero-order valence-electron chi connectivity index (χ0n) is 10.8. The number of hydrogen-bond acceptors (Lipinski definition) is 3. The van der Waals surface area contributed by atoms with Crippen molar-refractivity contribution in [1.82, 2.24) is 9.80 Å². The number of halogens is 1. The maximum atomic E-state index is 12.8. The van der Waals surface area contributed by atoms with Crippen LogP contribution in [0.5, 0.6) is 0 Å². The number of carbonyl (C=O) groups excluding carboxylic acids is 1. The summed E-state index contributed by atoms with van der Waals surface area (Å²) in [6, 6.07) is 5.96. The van der Waals surface area contributed by atoms with Gasteiger partial charge in [0.2, 0.25) is 6.41 Å². The third-order valence-electron chi connectivity index (χ3n) is 3.53. The number of aliphatic hydroxyl groups is 1. The molecule has 1 aliphatic rings. The number of nitrogens with zero attached hydrogens (tertiary/aromatic N) is 2. The number of rotatable bonds is 5. The number of carbonyl (C=O) groups is 1. The Morgan fingerprint density at radius 3 is 2.42 bits per heavy atom. The highest BCUT2D eigenvalue weighted by Crippen LogP contribution is 2.17. The molecule has 1 N–H and O–H groups in total. The van der Waals surface area contributed by atoms with Crippen LogP contribution in [-0.2, 0) is 4.79 Å². The molecular weight excluding hydrogens is 247 g/mol. The van der Waals surface area contributed by atoms with Crippen LogP contribution in [-0.4, -0.2) is 54.0 Å². The van der Waals surface area contributed by atoms with Crippen LogP contribution >= 0.6 is 0 Å². The molecule has 1 aromatic carbocycles. The number of hydrogen-bond donors (Lipinski definition) is 1. The van der Waals surface area contributed by atoms with E-state index in [-0.39, 0.29) is 5.82 Å². The quantitative estimate of drug-likeness (QED) is 0.809. The highest BCUT2D eigenvalue weighted by Gasteiger charge is 2.16. The number of piperazine rings is 1. The van der Waals surface area contributed by atoms with Gasteiger partial charge in [0.25, 0.3) is 0 Å². The molecule has 0 aromatic heterocycles. The van der Waals surface area contributed by atoms with Crippen molar-refractivity contribution in [3.05, 3.63) is 35.6 Å². The van der Waals surface area contributed by atoms with E-state index >= 15 is 0 Å². The zero-order chi connectivity index (χ0) is 13.7. The SMILES string of the molecule is O=CN1CCN(CCC(O)c2ccc(F)cc2)CC1. The van der Waals surface area contributed by atoms with Gasteiger partial charge in [0.05, 0.1) is 6.10 Å². The molecule has 0 aliphatic carbocycles. The van der Waals surface area contributed by atoms with Gasteiger partial charge in [-0.3, -0.25) is 9.69 Å². The third-order valence-corrected chi connectivity index (χ3v) is 3.53. The van der Waals surface area contributed by atoms with E-state index in [1.54, 1.807) is 17.0 Å². The van der Waals surface area contributed by atoms with Crippen LogP contribution in [0.15, 0.2) is 24.3 Å². The summed E-state index contributed by atoms with van der Waals surface area (Å²) in [6.07, 6.45) is 0.932. The Morgan fingerprint density at radius 2 is 1.84 bits per heavy atom. The molecule has 1 fully saturated rings. The fraction of sp³-hybridized carbons (Fsp3) is 0.500. The lowest BCUT2D eigenvalue weighted by Crippen LogP contribution is -2.46. The smallest absolute Gasteiger partial charge is 0.209 e. The molecule has 4 nitrogen and oxygen atoms in total. The molecule has 1 heterocycles.